The van der Waals surface area contributed by atoms with Crippen LogP contribution in [0.3, 0.4) is 0 Å². The number of aromatic nitrogens is 1. The predicted molar refractivity (Wildman–Crippen MR) is 75.0 cm³/mol. The summed E-state index contributed by atoms with van der Waals surface area (Å²) in [5.41, 5.74) is 11.7. The molecule has 10 nitrogen and oxygen atoms in total. The number of nitrogens with two attached hydrogens (primary N) is 2. The van der Waals surface area contributed by atoms with Crippen molar-refractivity contribution >= 4 is 18.1 Å². The van der Waals surface area contributed by atoms with Crippen molar-refractivity contribution < 1.29 is 24.9 Å². The van der Waals surface area contributed by atoms with Crippen LogP contribution in [0.15, 0.2) is 11.2 Å². The van der Waals surface area contributed by atoms with Crippen molar-refractivity contribution in [1.29, 1.82) is 0 Å². The molecule has 0 saturated carbocycles. The Morgan fingerprint density at radius 2 is 2.18 bits per heavy atom. The van der Waals surface area contributed by atoms with E-state index < -0.39 is 43.2 Å². The molecule has 0 bridgehead atoms. The van der Waals surface area contributed by atoms with Crippen LogP contribution >= 0.6 is 0 Å². The van der Waals surface area contributed by atoms with Crippen LogP contribution in [-0.4, -0.2) is 63.7 Å². The van der Waals surface area contributed by atoms with E-state index in [2.05, 4.69) is 9.98 Å². The Bertz CT molecular complexity index is 617. The summed E-state index contributed by atoms with van der Waals surface area (Å²) >= 11 is 0. The Labute approximate surface area is 125 Å². The van der Waals surface area contributed by atoms with E-state index in [4.69, 9.17) is 21.3 Å². The van der Waals surface area contributed by atoms with Crippen molar-refractivity contribution in [2.75, 3.05) is 11.5 Å². The van der Waals surface area contributed by atoms with Gasteiger partial charge in [-0.25, -0.2) is 0 Å². The SMILES string of the molecule is NC(=O)c1c[nH]c2c1C(N)N=CN2[C@@H]1O[C@H](CO)[C@@H](O)[C@H]1O. The maximum absolute atomic E-state index is 11.4. The smallest absolute Gasteiger partial charge is 0.250 e. The number of hydrogen-bond donors (Lipinski definition) is 6. The highest BCUT2D eigenvalue weighted by atomic mass is 16.6. The lowest BCUT2D eigenvalue weighted by atomic mass is 10.1. The van der Waals surface area contributed by atoms with Gasteiger partial charge in [-0.3, -0.25) is 14.7 Å². The summed E-state index contributed by atoms with van der Waals surface area (Å²) in [5.74, 6) is -0.266. The number of aliphatic imine (C=N–C) groups is 1. The maximum Gasteiger partial charge on any atom is 0.250 e. The third-order valence-corrected chi connectivity index (χ3v) is 3.86. The van der Waals surface area contributed by atoms with Gasteiger partial charge in [0.05, 0.1) is 18.5 Å². The fourth-order valence-electron chi connectivity index (χ4n) is 2.72. The van der Waals surface area contributed by atoms with Gasteiger partial charge in [-0.15, -0.1) is 0 Å². The monoisotopic (exact) mass is 311 g/mol. The fraction of sp³-hybridized carbons (Fsp3) is 0.500. The number of hydrogen-bond acceptors (Lipinski definition) is 8. The maximum atomic E-state index is 11.4. The zero-order valence-corrected chi connectivity index (χ0v) is 11.5. The van der Waals surface area contributed by atoms with Gasteiger partial charge in [-0.05, 0) is 0 Å². The third kappa shape index (κ3) is 2.09. The predicted octanol–water partition coefficient (Wildman–Crippen LogP) is -2.64. The van der Waals surface area contributed by atoms with Crippen molar-refractivity contribution in [3.8, 4) is 0 Å². The van der Waals surface area contributed by atoms with Crippen LogP contribution in [0, 0.1) is 0 Å². The lowest BCUT2D eigenvalue weighted by Crippen LogP contribution is -2.45. The molecule has 0 aromatic carbocycles. The van der Waals surface area contributed by atoms with E-state index in [1.807, 2.05) is 0 Å². The number of carbonyl (C=O) groups excluding carboxylic acids is 1. The van der Waals surface area contributed by atoms with Crippen molar-refractivity contribution in [2.24, 2.45) is 16.5 Å². The fourth-order valence-corrected chi connectivity index (χ4v) is 2.72. The average Bonchev–Trinajstić information content (AvgIpc) is 3.04. The summed E-state index contributed by atoms with van der Waals surface area (Å²) in [6.45, 7) is -0.441. The number of aliphatic hydroxyl groups excluding tert-OH is 3. The number of aliphatic hydroxyl groups is 3. The van der Waals surface area contributed by atoms with Crippen LogP contribution in [0.1, 0.15) is 22.1 Å². The Morgan fingerprint density at radius 1 is 1.45 bits per heavy atom. The minimum Gasteiger partial charge on any atom is -0.394 e. The minimum atomic E-state index is -1.27. The van der Waals surface area contributed by atoms with E-state index in [-0.39, 0.29) is 5.56 Å². The van der Waals surface area contributed by atoms with Gasteiger partial charge in [0.1, 0.15) is 30.3 Å². The number of nitrogens with one attached hydrogen (secondary N) is 1. The van der Waals surface area contributed by atoms with E-state index in [9.17, 15) is 15.0 Å². The van der Waals surface area contributed by atoms with Gasteiger partial charge in [0.15, 0.2) is 6.23 Å². The van der Waals surface area contributed by atoms with Crippen molar-refractivity contribution in [2.45, 2.75) is 30.7 Å². The van der Waals surface area contributed by atoms with E-state index in [1.165, 1.54) is 17.4 Å². The van der Waals surface area contributed by atoms with Crippen molar-refractivity contribution in [1.82, 2.24) is 4.98 Å². The average molecular weight is 311 g/mol. The summed E-state index contributed by atoms with van der Waals surface area (Å²) in [7, 11) is 0. The molecule has 1 fully saturated rings. The lowest BCUT2D eigenvalue weighted by molar-refractivity contribution is -0.0192. The first-order valence-electron chi connectivity index (χ1n) is 6.66. The number of ether oxygens (including phenoxy) is 1. The number of rotatable bonds is 3. The van der Waals surface area contributed by atoms with Crippen LogP contribution in [0.2, 0.25) is 0 Å². The second kappa shape index (κ2) is 5.34. The first kappa shape index (κ1) is 14.9. The van der Waals surface area contributed by atoms with Crippen molar-refractivity contribution in [3.05, 3.63) is 17.3 Å². The summed E-state index contributed by atoms with van der Waals surface area (Å²) in [4.78, 5) is 19.7. The molecule has 3 rings (SSSR count). The largest absolute Gasteiger partial charge is 0.394 e. The van der Waals surface area contributed by atoms with Gasteiger partial charge in [0, 0.05) is 11.8 Å². The lowest BCUT2D eigenvalue weighted by Gasteiger charge is -2.31. The molecule has 1 amide bonds. The van der Waals surface area contributed by atoms with E-state index >= 15 is 0 Å². The van der Waals surface area contributed by atoms with Crippen LogP contribution in [0.5, 0.6) is 0 Å². The molecule has 120 valence electrons. The molecule has 5 atom stereocenters. The molecule has 22 heavy (non-hydrogen) atoms. The number of nitrogens with zero attached hydrogens (tertiary/aromatic N) is 2. The molecule has 2 aliphatic heterocycles. The van der Waals surface area contributed by atoms with Crippen LogP contribution in [-0.2, 0) is 4.74 Å². The van der Waals surface area contributed by atoms with Gasteiger partial charge in [0.25, 0.3) is 5.91 Å². The molecule has 3 heterocycles. The zero-order chi connectivity index (χ0) is 16.0. The van der Waals surface area contributed by atoms with Gasteiger partial charge in [-0.1, -0.05) is 0 Å². The highest BCUT2D eigenvalue weighted by molar-refractivity contribution is 5.98. The zero-order valence-electron chi connectivity index (χ0n) is 11.5. The van der Waals surface area contributed by atoms with Crippen LogP contribution in [0.25, 0.3) is 0 Å². The molecule has 0 radical (unpaired) electrons. The molecule has 0 aliphatic carbocycles. The van der Waals surface area contributed by atoms with Gasteiger partial charge in [-0.2, -0.15) is 0 Å². The van der Waals surface area contributed by atoms with E-state index in [1.54, 1.807) is 0 Å². The van der Waals surface area contributed by atoms with Gasteiger partial charge < -0.3 is 36.5 Å². The van der Waals surface area contributed by atoms with E-state index in [0.717, 1.165) is 0 Å². The summed E-state index contributed by atoms with van der Waals surface area (Å²) in [5, 5.41) is 29.1. The summed E-state index contributed by atoms with van der Waals surface area (Å²) in [6, 6.07) is 0. The van der Waals surface area contributed by atoms with E-state index in [0.29, 0.717) is 11.4 Å². The second-order valence-electron chi connectivity index (χ2n) is 5.17. The third-order valence-electron chi connectivity index (χ3n) is 3.86. The van der Waals surface area contributed by atoms with Gasteiger partial charge in [0.2, 0.25) is 0 Å². The Hall–Kier alpha value is -1.98. The Morgan fingerprint density at radius 3 is 2.77 bits per heavy atom. The topological polar surface area (TPSA) is 170 Å². The molecule has 10 heteroatoms. The standard InChI is InChI=1S/C12H17N5O5/c13-9-6-4(10(14)21)1-15-11(6)17(3-16-9)12-8(20)7(19)5(2-18)22-12/h1,3,5,7-9,12,15,18-20H,2,13H2,(H2,14,21)/t5-,7-,8-,9?,12-/m1/s1. The molecular formula is C12H17N5O5. The first-order valence-corrected chi connectivity index (χ1v) is 6.66. The summed E-state index contributed by atoms with van der Waals surface area (Å²) < 4.78 is 5.44. The Kier molecular flexibility index (Phi) is 3.62. The molecule has 0 spiro atoms. The number of H-pyrrole nitrogens is 1. The normalized spacial score (nSPS) is 34.0. The highest BCUT2D eigenvalue weighted by Gasteiger charge is 2.46. The highest BCUT2D eigenvalue weighted by Crippen LogP contribution is 2.35. The number of aromatic amines is 1. The quantitative estimate of drug-likeness (QED) is 0.354. The molecule has 1 saturated heterocycles. The second-order valence-corrected chi connectivity index (χ2v) is 5.17. The minimum absolute atomic E-state index is 0.191. The number of primary amides is 1. The number of amides is 1. The molecule has 1 aromatic rings. The summed E-state index contributed by atoms with van der Waals surface area (Å²) in [6.07, 6.45) is -2.46. The molecule has 8 N–H and O–H groups in total. The molecule has 1 unspecified atom stereocenters. The van der Waals surface area contributed by atoms with Crippen molar-refractivity contribution in [3.63, 3.8) is 0 Å². The van der Waals surface area contributed by atoms with Crippen LogP contribution in [0.4, 0.5) is 5.82 Å². The number of anilines is 1. The van der Waals surface area contributed by atoms with Crippen LogP contribution < -0.4 is 16.4 Å². The van der Waals surface area contributed by atoms with Gasteiger partial charge >= 0.3 is 0 Å². The first-order chi connectivity index (χ1) is 10.5. The number of carbonyl (C=O) groups is 1. The Balaban J connectivity index is 1.97. The number of fused-ring (bicyclic) bond motifs is 1. The molecule has 1 aromatic heterocycles. The molecule has 2 aliphatic rings. The molecular weight excluding hydrogens is 294 g/mol.